The first kappa shape index (κ1) is 9.24. The Hall–Kier alpha value is -1.85. The van der Waals surface area contributed by atoms with Gasteiger partial charge >= 0.3 is 5.97 Å². The van der Waals surface area contributed by atoms with Crippen LogP contribution in [0.1, 0.15) is 10.6 Å². The molecule has 0 saturated carbocycles. The minimum Gasteiger partial charge on any atom is -0.475 e. The Bertz CT molecular complexity index is 329. The lowest BCUT2D eigenvalue weighted by atomic mass is 10.6. The van der Waals surface area contributed by atoms with Crippen molar-refractivity contribution in [1.29, 1.82) is 0 Å². The van der Waals surface area contributed by atoms with Crippen LogP contribution in [0.2, 0.25) is 0 Å². The molecule has 13 heavy (non-hydrogen) atoms. The summed E-state index contributed by atoms with van der Waals surface area (Å²) >= 11 is 0. The van der Waals surface area contributed by atoms with Crippen molar-refractivity contribution < 1.29 is 9.90 Å². The van der Waals surface area contributed by atoms with E-state index >= 15 is 0 Å². The van der Waals surface area contributed by atoms with Gasteiger partial charge < -0.3 is 15.0 Å². The number of aliphatic imine (C=N–C) groups is 1. The normalized spacial score (nSPS) is 10.6. The number of rotatable bonds is 3. The molecule has 6 heteroatoms. The number of aromatic amines is 1. The predicted molar refractivity (Wildman–Crippen MR) is 47.4 cm³/mol. The SMILES string of the molecule is CN(C)C=Nc1cnc(C(=O)O)[nH]1. The van der Waals surface area contributed by atoms with Gasteiger partial charge in [-0.25, -0.2) is 14.8 Å². The molecule has 0 saturated heterocycles. The molecule has 0 aliphatic rings. The Balaban J connectivity index is 2.75. The summed E-state index contributed by atoms with van der Waals surface area (Å²) < 4.78 is 0. The molecule has 0 aromatic carbocycles. The predicted octanol–water partition coefficient (Wildman–Crippen LogP) is 0.329. The van der Waals surface area contributed by atoms with E-state index in [1.807, 2.05) is 14.1 Å². The van der Waals surface area contributed by atoms with Crippen LogP contribution in [0.15, 0.2) is 11.2 Å². The van der Waals surface area contributed by atoms with Gasteiger partial charge in [-0.3, -0.25) is 0 Å². The Morgan fingerprint density at radius 1 is 1.77 bits per heavy atom. The summed E-state index contributed by atoms with van der Waals surface area (Å²) in [4.78, 5) is 22.2. The van der Waals surface area contributed by atoms with E-state index in [9.17, 15) is 4.79 Å². The fourth-order valence-electron chi connectivity index (χ4n) is 0.664. The van der Waals surface area contributed by atoms with Crippen LogP contribution in [0, 0.1) is 0 Å². The third-order valence-electron chi connectivity index (χ3n) is 1.19. The molecule has 0 radical (unpaired) electrons. The van der Waals surface area contributed by atoms with Crippen molar-refractivity contribution >= 4 is 18.1 Å². The highest BCUT2D eigenvalue weighted by Crippen LogP contribution is 2.06. The van der Waals surface area contributed by atoms with Crippen LogP contribution < -0.4 is 0 Å². The van der Waals surface area contributed by atoms with Gasteiger partial charge in [0.05, 0.1) is 12.5 Å². The molecule has 0 bridgehead atoms. The quantitative estimate of drug-likeness (QED) is 0.521. The molecule has 0 fully saturated rings. The molecule has 0 aliphatic carbocycles. The van der Waals surface area contributed by atoms with Crippen LogP contribution in [-0.4, -0.2) is 46.4 Å². The second-order valence-electron chi connectivity index (χ2n) is 2.63. The average molecular weight is 182 g/mol. The first-order valence-corrected chi connectivity index (χ1v) is 3.58. The van der Waals surface area contributed by atoms with Gasteiger partial charge in [0.25, 0.3) is 0 Å². The highest BCUT2D eigenvalue weighted by atomic mass is 16.4. The maximum absolute atomic E-state index is 10.4. The molecule has 1 aromatic rings. The van der Waals surface area contributed by atoms with E-state index in [0.717, 1.165) is 0 Å². The van der Waals surface area contributed by atoms with Gasteiger partial charge in [0.2, 0.25) is 5.82 Å². The molecule has 6 nitrogen and oxygen atoms in total. The van der Waals surface area contributed by atoms with Gasteiger partial charge in [-0.15, -0.1) is 0 Å². The van der Waals surface area contributed by atoms with Crippen LogP contribution in [0.3, 0.4) is 0 Å². The van der Waals surface area contributed by atoms with Gasteiger partial charge in [-0.1, -0.05) is 0 Å². The summed E-state index contributed by atoms with van der Waals surface area (Å²) in [5, 5.41) is 8.52. The minimum absolute atomic E-state index is 0.106. The molecule has 0 unspecified atom stereocenters. The van der Waals surface area contributed by atoms with Crippen LogP contribution in [0.4, 0.5) is 5.82 Å². The number of aromatic carboxylic acids is 1. The lowest BCUT2D eigenvalue weighted by molar-refractivity contribution is 0.0685. The highest BCUT2D eigenvalue weighted by molar-refractivity contribution is 5.83. The lowest BCUT2D eigenvalue weighted by Crippen LogP contribution is -2.07. The molecule has 0 amide bonds. The highest BCUT2D eigenvalue weighted by Gasteiger charge is 2.05. The molecular formula is C7H10N4O2. The van der Waals surface area contributed by atoms with Crippen molar-refractivity contribution in [2.75, 3.05) is 14.1 Å². The van der Waals surface area contributed by atoms with Gasteiger partial charge in [-0.2, -0.15) is 0 Å². The van der Waals surface area contributed by atoms with E-state index in [4.69, 9.17) is 5.11 Å². The fraction of sp³-hybridized carbons (Fsp3) is 0.286. The Labute approximate surface area is 74.9 Å². The Kier molecular flexibility index (Phi) is 2.63. The number of carboxylic acid groups (broad SMARTS) is 1. The van der Waals surface area contributed by atoms with Crippen molar-refractivity contribution in [3.05, 3.63) is 12.0 Å². The first-order valence-electron chi connectivity index (χ1n) is 3.58. The summed E-state index contributed by atoms with van der Waals surface area (Å²) in [6.45, 7) is 0. The third-order valence-corrected chi connectivity index (χ3v) is 1.19. The van der Waals surface area contributed by atoms with Crippen molar-refractivity contribution in [1.82, 2.24) is 14.9 Å². The molecule has 0 aliphatic heterocycles. The van der Waals surface area contributed by atoms with Crippen molar-refractivity contribution in [3.63, 3.8) is 0 Å². The maximum atomic E-state index is 10.4. The van der Waals surface area contributed by atoms with Crippen molar-refractivity contribution in [2.45, 2.75) is 0 Å². The summed E-state index contributed by atoms with van der Waals surface area (Å²) in [6, 6.07) is 0. The smallest absolute Gasteiger partial charge is 0.371 e. The number of carbonyl (C=O) groups is 1. The largest absolute Gasteiger partial charge is 0.475 e. The van der Waals surface area contributed by atoms with Crippen LogP contribution in [0.25, 0.3) is 0 Å². The van der Waals surface area contributed by atoms with E-state index in [2.05, 4.69) is 15.0 Å². The van der Waals surface area contributed by atoms with Crippen molar-refractivity contribution in [3.8, 4) is 0 Å². The van der Waals surface area contributed by atoms with E-state index < -0.39 is 5.97 Å². The number of imidazole rings is 1. The molecule has 0 spiro atoms. The standard InChI is InChI=1S/C7H10N4O2/c1-11(2)4-9-5-3-8-6(10-5)7(12)13/h3-4H,1-2H3,(H,8,10)(H,12,13). The number of carboxylic acids is 1. The maximum Gasteiger partial charge on any atom is 0.371 e. The molecule has 1 aromatic heterocycles. The summed E-state index contributed by atoms with van der Waals surface area (Å²) in [5.74, 6) is -0.775. The van der Waals surface area contributed by atoms with Crippen LogP contribution >= 0.6 is 0 Å². The van der Waals surface area contributed by atoms with E-state index in [1.54, 1.807) is 11.2 Å². The van der Waals surface area contributed by atoms with Gasteiger partial charge in [-0.05, 0) is 0 Å². The second kappa shape index (κ2) is 3.70. The van der Waals surface area contributed by atoms with Crippen LogP contribution in [-0.2, 0) is 0 Å². The number of nitrogens with zero attached hydrogens (tertiary/aromatic N) is 3. The molecule has 0 atom stereocenters. The zero-order valence-electron chi connectivity index (χ0n) is 7.35. The number of hydrogen-bond donors (Lipinski definition) is 2. The minimum atomic E-state index is -1.09. The fourth-order valence-corrected chi connectivity index (χ4v) is 0.664. The number of H-pyrrole nitrogens is 1. The second-order valence-corrected chi connectivity index (χ2v) is 2.63. The first-order chi connectivity index (χ1) is 6.09. The summed E-state index contributed by atoms with van der Waals surface area (Å²) in [7, 11) is 3.63. The molecule has 1 heterocycles. The summed E-state index contributed by atoms with van der Waals surface area (Å²) in [6.07, 6.45) is 2.92. The van der Waals surface area contributed by atoms with E-state index in [-0.39, 0.29) is 5.82 Å². The number of aromatic nitrogens is 2. The number of nitrogens with one attached hydrogen (secondary N) is 1. The van der Waals surface area contributed by atoms with Crippen molar-refractivity contribution in [2.24, 2.45) is 4.99 Å². The monoisotopic (exact) mass is 182 g/mol. The van der Waals surface area contributed by atoms with Gasteiger partial charge in [0.15, 0.2) is 5.82 Å². The Morgan fingerprint density at radius 3 is 2.92 bits per heavy atom. The zero-order valence-corrected chi connectivity index (χ0v) is 7.35. The van der Waals surface area contributed by atoms with Crippen LogP contribution in [0.5, 0.6) is 0 Å². The zero-order chi connectivity index (χ0) is 9.84. The molecule has 2 N–H and O–H groups in total. The number of hydrogen-bond acceptors (Lipinski definition) is 3. The van der Waals surface area contributed by atoms with Gasteiger partial charge in [0.1, 0.15) is 0 Å². The molecular weight excluding hydrogens is 172 g/mol. The van der Waals surface area contributed by atoms with E-state index in [1.165, 1.54) is 6.20 Å². The third kappa shape index (κ3) is 2.58. The van der Waals surface area contributed by atoms with E-state index in [0.29, 0.717) is 5.82 Å². The Morgan fingerprint density at radius 2 is 2.46 bits per heavy atom. The average Bonchev–Trinajstić information content (AvgIpc) is 2.48. The molecule has 1 rings (SSSR count). The molecule has 70 valence electrons. The van der Waals surface area contributed by atoms with Gasteiger partial charge in [0, 0.05) is 14.1 Å². The topological polar surface area (TPSA) is 81.6 Å². The lowest BCUT2D eigenvalue weighted by Gasteiger charge is -2.00. The summed E-state index contributed by atoms with van der Waals surface area (Å²) in [5.41, 5.74) is 0.